The molecule has 1 aliphatic rings. The van der Waals surface area contributed by atoms with E-state index < -0.39 is 0 Å². The number of hydroxylamine groups is 2. The zero-order chi connectivity index (χ0) is 8.27. The first kappa shape index (κ1) is 8.49. The Morgan fingerprint density at radius 2 is 2.36 bits per heavy atom. The molecule has 64 valence electrons. The third kappa shape index (κ3) is 2.48. The fraction of sp³-hybridized carbons (Fsp3) is 0.857. The molecular formula is C7H14N2O2. The van der Waals surface area contributed by atoms with Gasteiger partial charge in [-0.2, -0.15) is 0 Å². The maximum Gasteiger partial charge on any atom is 0.341 e. The lowest BCUT2D eigenvalue weighted by Gasteiger charge is -2.13. The highest BCUT2D eigenvalue weighted by Crippen LogP contribution is 2.06. The van der Waals surface area contributed by atoms with Crippen LogP contribution in [-0.2, 0) is 9.63 Å². The van der Waals surface area contributed by atoms with Crippen LogP contribution in [0.2, 0.25) is 0 Å². The van der Waals surface area contributed by atoms with Gasteiger partial charge in [-0.05, 0) is 19.4 Å². The summed E-state index contributed by atoms with van der Waals surface area (Å²) in [4.78, 5) is 16.0. The van der Waals surface area contributed by atoms with E-state index in [1.165, 1.54) is 5.06 Å². The second kappa shape index (κ2) is 3.69. The molecule has 0 aromatic carbocycles. The van der Waals surface area contributed by atoms with Gasteiger partial charge in [0.15, 0.2) is 0 Å². The number of nitrogens with one attached hydrogen (secondary N) is 1. The van der Waals surface area contributed by atoms with Crippen LogP contribution in [0.5, 0.6) is 0 Å². The van der Waals surface area contributed by atoms with Gasteiger partial charge in [-0.15, -0.1) is 5.06 Å². The number of hydrogen-bond acceptors (Lipinski definition) is 4. The first-order valence-corrected chi connectivity index (χ1v) is 3.82. The summed E-state index contributed by atoms with van der Waals surface area (Å²) in [6, 6.07) is -0.0857. The Hall–Kier alpha value is -0.610. The Morgan fingerprint density at radius 3 is 2.82 bits per heavy atom. The molecule has 4 heteroatoms. The van der Waals surface area contributed by atoms with E-state index >= 15 is 0 Å². The fourth-order valence-electron chi connectivity index (χ4n) is 1.13. The minimum Gasteiger partial charge on any atom is -0.367 e. The van der Waals surface area contributed by atoms with E-state index in [4.69, 9.17) is 4.84 Å². The minimum atomic E-state index is -0.174. The molecular weight excluding hydrogens is 144 g/mol. The Kier molecular flexibility index (Phi) is 2.84. The summed E-state index contributed by atoms with van der Waals surface area (Å²) in [7, 11) is 3.40. The van der Waals surface area contributed by atoms with Gasteiger partial charge < -0.3 is 10.2 Å². The highest BCUT2D eigenvalue weighted by Gasteiger charge is 2.23. The highest BCUT2D eigenvalue weighted by molar-refractivity contribution is 5.75. The Labute approximate surface area is 66.5 Å². The molecule has 1 aliphatic heterocycles. The van der Waals surface area contributed by atoms with Crippen LogP contribution in [0.4, 0.5) is 0 Å². The van der Waals surface area contributed by atoms with Crippen molar-refractivity contribution < 1.29 is 9.63 Å². The van der Waals surface area contributed by atoms with Gasteiger partial charge >= 0.3 is 5.97 Å². The molecule has 1 saturated heterocycles. The van der Waals surface area contributed by atoms with Crippen LogP contribution in [0, 0.1) is 0 Å². The third-order valence-corrected chi connectivity index (χ3v) is 1.62. The monoisotopic (exact) mass is 158 g/mol. The summed E-state index contributed by atoms with van der Waals surface area (Å²) in [5.41, 5.74) is 0. The number of carbonyl (C=O) groups is 1. The maximum atomic E-state index is 11.1. The number of carbonyl (C=O) groups excluding carboxylic acids is 1. The van der Waals surface area contributed by atoms with Gasteiger partial charge in [0, 0.05) is 14.1 Å². The fourth-order valence-corrected chi connectivity index (χ4v) is 1.13. The number of nitrogens with zero attached hydrogens (tertiary/aromatic N) is 1. The zero-order valence-corrected chi connectivity index (χ0v) is 6.96. The van der Waals surface area contributed by atoms with Crippen molar-refractivity contribution in [1.82, 2.24) is 10.4 Å². The van der Waals surface area contributed by atoms with Crippen molar-refractivity contribution in [2.45, 2.75) is 18.9 Å². The van der Waals surface area contributed by atoms with Gasteiger partial charge in [0.2, 0.25) is 0 Å². The molecule has 0 bridgehead atoms. The Bertz CT molecular complexity index is 141. The van der Waals surface area contributed by atoms with Gasteiger partial charge in [-0.25, -0.2) is 4.79 Å². The summed E-state index contributed by atoms with van der Waals surface area (Å²) < 4.78 is 0. The molecule has 1 fully saturated rings. The lowest BCUT2D eigenvalue weighted by Crippen LogP contribution is -2.35. The quantitative estimate of drug-likeness (QED) is 0.563. The lowest BCUT2D eigenvalue weighted by atomic mass is 10.2. The molecule has 1 N–H and O–H groups in total. The van der Waals surface area contributed by atoms with E-state index in [1.54, 1.807) is 14.1 Å². The van der Waals surface area contributed by atoms with E-state index in [0.717, 1.165) is 19.4 Å². The van der Waals surface area contributed by atoms with E-state index in [-0.39, 0.29) is 12.0 Å². The molecule has 1 heterocycles. The largest absolute Gasteiger partial charge is 0.367 e. The average molecular weight is 158 g/mol. The van der Waals surface area contributed by atoms with Crippen LogP contribution in [0.25, 0.3) is 0 Å². The summed E-state index contributed by atoms with van der Waals surface area (Å²) in [6.07, 6.45) is 1.96. The second-order valence-electron chi connectivity index (χ2n) is 2.87. The van der Waals surface area contributed by atoms with Gasteiger partial charge in [-0.3, -0.25) is 0 Å². The van der Waals surface area contributed by atoms with Crippen molar-refractivity contribution in [3.8, 4) is 0 Å². The zero-order valence-electron chi connectivity index (χ0n) is 6.96. The van der Waals surface area contributed by atoms with Gasteiger partial charge in [0.25, 0.3) is 0 Å². The van der Waals surface area contributed by atoms with Crippen molar-refractivity contribution in [3.05, 3.63) is 0 Å². The van der Waals surface area contributed by atoms with Crippen molar-refractivity contribution >= 4 is 5.97 Å². The predicted octanol–water partition coefficient (Wildman–Crippen LogP) is -0.242. The van der Waals surface area contributed by atoms with Crippen LogP contribution in [0.15, 0.2) is 0 Å². The van der Waals surface area contributed by atoms with E-state index in [2.05, 4.69) is 5.32 Å². The first-order chi connectivity index (χ1) is 5.20. The van der Waals surface area contributed by atoms with Crippen LogP contribution < -0.4 is 5.32 Å². The molecule has 0 aromatic heterocycles. The molecule has 11 heavy (non-hydrogen) atoms. The smallest absolute Gasteiger partial charge is 0.341 e. The molecule has 0 saturated carbocycles. The molecule has 1 rings (SSSR count). The summed E-state index contributed by atoms with van der Waals surface area (Å²) in [5.74, 6) is -0.174. The lowest BCUT2D eigenvalue weighted by molar-refractivity contribution is -0.180. The van der Waals surface area contributed by atoms with Crippen molar-refractivity contribution in [2.24, 2.45) is 0 Å². The molecule has 4 nitrogen and oxygen atoms in total. The highest BCUT2D eigenvalue weighted by atomic mass is 16.7. The average Bonchev–Trinajstić information content (AvgIpc) is 2.35. The minimum absolute atomic E-state index is 0.0857. The van der Waals surface area contributed by atoms with Gasteiger partial charge in [-0.1, -0.05) is 0 Å². The van der Waals surface area contributed by atoms with Crippen molar-refractivity contribution in [3.63, 3.8) is 0 Å². The third-order valence-electron chi connectivity index (χ3n) is 1.62. The topological polar surface area (TPSA) is 41.6 Å². The Morgan fingerprint density at radius 1 is 1.64 bits per heavy atom. The molecule has 0 aromatic rings. The van der Waals surface area contributed by atoms with E-state index in [9.17, 15) is 4.79 Å². The van der Waals surface area contributed by atoms with Crippen LogP contribution >= 0.6 is 0 Å². The van der Waals surface area contributed by atoms with Crippen molar-refractivity contribution in [2.75, 3.05) is 20.6 Å². The summed E-state index contributed by atoms with van der Waals surface area (Å²) in [6.45, 7) is 0.924. The maximum absolute atomic E-state index is 11.1. The molecule has 0 radical (unpaired) electrons. The number of hydrogen-bond donors (Lipinski definition) is 1. The van der Waals surface area contributed by atoms with Gasteiger partial charge in [0.05, 0.1) is 0 Å². The van der Waals surface area contributed by atoms with Crippen LogP contribution in [-0.4, -0.2) is 37.7 Å². The Balaban J connectivity index is 2.28. The molecule has 0 spiro atoms. The van der Waals surface area contributed by atoms with Crippen LogP contribution in [0.3, 0.4) is 0 Å². The standard InChI is InChI=1S/C7H14N2O2/c1-9(2)11-7(10)6-4-3-5-8-6/h6,8H,3-5H2,1-2H3/t6-/m0/s1. The molecule has 1 atom stereocenters. The molecule has 0 aliphatic carbocycles. The van der Waals surface area contributed by atoms with E-state index in [1.807, 2.05) is 0 Å². The van der Waals surface area contributed by atoms with E-state index in [0.29, 0.717) is 0 Å². The predicted molar refractivity (Wildman–Crippen MR) is 40.8 cm³/mol. The van der Waals surface area contributed by atoms with Crippen LogP contribution in [0.1, 0.15) is 12.8 Å². The SMILES string of the molecule is CN(C)OC(=O)[C@@H]1CCCN1. The summed E-state index contributed by atoms with van der Waals surface area (Å²) in [5, 5.41) is 4.48. The first-order valence-electron chi connectivity index (χ1n) is 3.82. The van der Waals surface area contributed by atoms with Gasteiger partial charge in [0.1, 0.15) is 6.04 Å². The molecule has 0 unspecified atom stereocenters. The van der Waals surface area contributed by atoms with Crippen molar-refractivity contribution in [1.29, 1.82) is 0 Å². The summed E-state index contributed by atoms with van der Waals surface area (Å²) >= 11 is 0. The number of rotatable bonds is 2. The normalized spacial score (nSPS) is 24.1. The molecule has 0 amide bonds. The second-order valence-corrected chi connectivity index (χ2v) is 2.87.